The van der Waals surface area contributed by atoms with E-state index in [1.165, 1.54) is 12.1 Å². The molecule has 31 heavy (non-hydrogen) atoms. The van der Waals surface area contributed by atoms with Crippen molar-refractivity contribution in [3.05, 3.63) is 100 Å². The second-order valence-corrected chi connectivity index (χ2v) is 9.79. The topological polar surface area (TPSA) is 66.5 Å². The first-order valence-corrected chi connectivity index (χ1v) is 11.8. The largest absolute Gasteiger partial charge is 0.348 e. The fraction of sp³-hybridized carbons (Fsp3) is 0.174. The molecule has 0 aromatic heterocycles. The lowest BCUT2D eigenvalue weighted by atomic mass is 10.1. The van der Waals surface area contributed by atoms with Gasteiger partial charge in [0.25, 0.3) is 0 Å². The van der Waals surface area contributed by atoms with Gasteiger partial charge in [-0.15, -0.1) is 0 Å². The molecule has 1 N–H and O–H groups in total. The van der Waals surface area contributed by atoms with Gasteiger partial charge in [-0.2, -0.15) is 4.31 Å². The maximum atomic E-state index is 13.3. The molecule has 0 heterocycles. The summed E-state index contributed by atoms with van der Waals surface area (Å²) in [5, 5.41) is 3.55. The Morgan fingerprint density at radius 3 is 2.16 bits per heavy atom. The molecule has 0 saturated heterocycles. The minimum Gasteiger partial charge on any atom is -0.348 e. The van der Waals surface area contributed by atoms with Gasteiger partial charge in [-0.25, -0.2) is 8.42 Å². The second kappa shape index (κ2) is 10.3. The van der Waals surface area contributed by atoms with Gasteiger partial charge in [-0.1, -0.05) is 77.8 Å². The van der Waals surface area contributed by atoms with Crippen LogP contribution in [0.1, 0.15) is 24.1 Å². The van der Waals surface area contributed by atoms with Crippen LogP contribution in [0.2, 0.25) is 10.0 Å². The summed E-state index contributed by atoms with van der Waals surface area (Å²) in [5.74, 6) is -0.407. The number of amides is 1. The first kappa shape index (κ1) is 23.3. The van der Waals surface area contributed by atoms with E-state index in [0.29, 0.717) is 15.6 Å². The zero-order valence-corrected chi connectivity index (χ0v) is 19.2. The van der Waals surface area contributed by atoms with Crippen molar-refractivity contribution in [2.45, 2.75) is 24.4 Å². The summed E-state index contributed by atoms with van der Waals surface area (Å²) in [4.78, 5) is 12.9. The summed E-state index contributed by atoms with van der Waals surface area (Å²) in [7, 11) is -3.92. The molecule has 0 bridgehead atoms. The van der Waals surface area contributed by atoms with Crippen molar-refractivity contribution < 1.29 is 13.2 Å². The summed E-state index contributed by atoms with van der Waals surface area (Å²) in [6, 6.07) is 22.1. The van der Waals surface area contributed by atoms with Crippen LogP contribution in [0.4, 0.5) is 0 Å². The maximum Gasteiger partial charge on any atom is 0.243 e. The normalized spacial score (nSPS) is 12.5. The van der Waals surface area contributed by atoms with Crippen LogP contribution in [0.3, 0.4) is 0 Å². The third-order valence-corrected chi connectivity index (χ3v) is 7.27. The average Bonchev–Trinajstić information content (AvgIpc) is 2.77. The zero-order valence-electron chi connectivity index (χ0n) is 16.8. The minimum absolute atomic E-state index is 0.0265. The van der Waals surface area contributed by atoms with E-state index in [9.17, 15) is 13.2 Å². The summed E-state index contributed by atoms with van der Waals surface area (Å²) in [6.07, 6.45) is 0. The Morgan fingerprint density at radius 2 is 1.55 bits per heavy atom. The highest BCUT2D eigenvalue weighted by atomic mass is 35.5. The van der Waals surface area contributed by atoms with E-state index in [4.69, 9.17) is 23.2 Å². The molecule has 0 radical (unpaired) electrons. The zero-order chi connectivity index (χ0) is 22.4. The van der Waals surface area contributed by atoms with E-state index in [1.807, 2.05) is 37.3 Å². The molecule has 5 nitrogen and oxygen atoms in total. The van der Waals surface area contributed by atoms with Gasteiger partial charge in [0, 0.05) is 6.54 Å². The predicted molar refractivity (Wildman–Crippen MR) is 123 cm³/mol. The Kier molecular flexibility index (Phi) is 7.73. The number of rotatable bonds is 8. The monoisotopic (exact) mass is 476 g/mol. The third-order valence-electron chi connectivity index (χ3n) is 4.72. The fourth-order valence-corrected chi connectivity index (χ4v) is 4.81. The molecule has 1 atom stereocenters. The number of nitrogens with zero attached hydrogens (tertiary/aromatic N) is 1. The van der Waals surface area contributed by atoms with E-state index in [-0.39, 0.29) is 24.0 Å². The van der Waals surface area contributed by atoms with Crippen LogP contribution in [0.15, 0.2) is 83.8 Å². The number of hydrogen-bond donors (Lipinski definition) is 1. The van der Waals surface area contributed by atoms with Gasteiger partial charge in [0.1, 0.15) is 0 Å². The molecule has 0 spiro atoms. The Balaban J connectivity index is 1.84. The average molecular weight is 477 g/mol. The molecule has 0 fully saturated rings. The molecule has 0 aliphatic heterocycles. The molecule has 0 saturated carbocycles. The number of hydrogen-bond acceptors (Lipinski definition) is 3. The summed E-state index contributed by atoms with van der Waals surface area (Å²) in [6.45, 7) is 1.48. The van der Waals surface area contributed by atoms with Crippen molar-refractivity contribution in [2.24, 2.45) is 0 Å². The first-order valence-electron chi connectivity index (χ1n) is 9.61. The lowest BCUT2D eigenvalue weighted by Crippen LogP contribution is -2.41. The second-order valence-electron chi connectivity index (χ2n) is 7.03. The fourth-order valence-electron chi connectivity index (χ4n) is 3.08. The van der Waals surface area contributed by atoms with Gasteiger partial charge in [-0.3, -0.25) is 4.79 Å². The molecule has 8 heteroatoms. The Labute approximate surface area is 192 Å². The molecular formula is C23H22Cl2N2O3S. The highest BCUT2D eigenvalue weighted by Gasteiger charge is 2.27. The lowest BCUT2D eigenvalue weighted by Gasteiger charge is -2.23. The van der Waals surface area contributed by atoms with E-state index in [0.717, 1.165) is 9.87 Å². The highest BCUT2D eigenvalue weighted by Crippen LogP contribution is 2.25. The number of carbonyl (C=O) groups excluding carboxylic acids is 1. The van der Waals surface area contributed by atoms with E-state index >= 15 is 0 Å². The van der Waals surface area contributed by atoms with Crippen LogP contribution in [0.25, 0.3) is 0 Å². The molecule has 0 aliphatic rings. The van der Waals surface area contributed by atoms with Gasteiger partial charge in [-0.05, 0) is 42.3 Å². The Bertz CT molecular complexity index is 1140. The minimum atomic E-state index is -3.92. The van der Waals surface area contributed by atoms with Crippen molar-refractivity contribution in [1.29, 1.82) is 0 Å². The quantitative estimate of drug-likeness (QED) is 0.493. The SMILES string of the molecule is C[C@@H](NC(=O)CN(Cc1ccc(Cl)c(Cl)c1)S(=O)(=O)c1ccccc1)c1ccccc1. The predicted octanol–water partition coefficient (Wildman–Crippen LogP) is 5.06. The first-order chi connectivity index (χ1) is 14.8. The molecule has 3 aromatic carbocycles. The van der Waals surface area contributed by atoms with Crippen LogP contribution in [0, 0.1) is 0 Å². The number of carbonyl (C=O) groups is 1. The van der Waals surface area contributed by atoms with Crippen LogP contribution < -0.4 is 5.32 Å². The van der Waals surface area contributed by atoms with Crippen LogP contribution in [-0.2, 0) is 21.4 Å². The van der Waals surface area contributed by atoms with Gasteiger partial charge >= 0.3 is 0 Å². The molecule has 0 unspecified atom stereocenters. The van der Waals surface area contributed by atoms with Crippen LogP contribution in [-0.4, -0.2) is 25.2 Å². The number of sulfonamides is 1. The van der Waals surface area contributed by atoms with Crippen LogP contribution >= 0.6 is 23.2 Å². The molecule has 3 aromatic rings. The van der Waals surface area contributed by atoms with E-state index in [2.05, 4.69) is 5.32 Å². The van der Waals surface area contributed by atoms with Gasteiger partial charge in [0.2, 0.25) is 15.9 Å². The van der Waals surface area contributed by atoms with E-state index < -0.39 is 15.9 Å². The highest BCUT2D eigenvalue weighted by molar-refractivity contribution is 7.89. The molecule has 162 valence electrons. The number of nitrogens with one attached hydrogen (secondary N) is 1. The van der Waals surface area contributed by atoms with Gasteiger partial charge in [0.15, 0.2) is 0 Å². The summed E-state index contributed by atoms with van der Waals surface area (Å²) in [5.41, 5.74) is 1.55. The summed E-state index contributed by atoms with van der Waals surface area (Å²) < 4.78 is 27.7. The molecule has 1 amide bonds. The number of benzene rings is 3. The molecular weight excluding hydrogens is 455 g/mol. The summed E-state index contributed by atoms with van der Waals surface area (Å²) >= 11 is 12.1. The van der Waals surface area contributed by atoms with Crippen molar-refractivity contribution in [3.63, 3.8) is 0 Å². The third kappa shape index (κ3) is 6.08. The standard InChI is InChI=1S/C23H22Cl2N2O3S/c1-17(19-8-4-2-5-9-19)26-23(28)16-27(15-18-12-13-21(24)22(25)14-18)31(29,30)20-10-6-3-7-11-20/h2-14,17H,15-16H2,1H3,(H,26,28)/t17-/m1/s1. The van der Waals surface area contributed by atoms with Crippen molar-refractivity contribution >= 4 is 39.1 Å². The van der Waals surface area contributed by atoms with Crippen LogP contribution in [0.5, 0.6) is 0 Å². The Morgan fingerprint density at radius 1 is 0.935 bits per heavy atom. The van der Waals surface area contributed by atoms with Gasteiger partial charge < -0.3 is 5.32 Å². The van der Waals surface area contributed by atoms with E-state index in [1.54, 1.807) is 36.4 Å². The number of halogens is 2. The smallest absolute Gasteiger partial charge is 0.243 e. The lowest BCUT2D eigenvalue weighted by molar-refractivity contribution is -0.122. The molecule has 3 rings (SSSR count). The van der Waals surface area contributed by atoms with Crippen molar-refractivity contribution in [3.8, 4) is 0 Å². The maximum absolute atomic E-state index is 13.3. The van der Waals surface area contributed by atoms with Gasteiger partial charge in [0.05, 0.1) is 27.5 Å². The molecule has 0 aliphatic carbocycles. The Hall–Kier alpha value is -2.38. The van der Waals surface area contributed by atoms with Crippen molar-refractivity contribution in [2.75, 3.05) is 6.54 Å². The van der Waals surface area contributed by atoms with Crippen molar-refractivity contribution in [1.82, 2.24) is 9.62 Å².